The first-order chi connectivity index (χ1) is 15.9. The number of hydrogen-bond acceptors (Lipinski definition) is 5. The minimum absolute atomic E-state index is 0.104. The Morgan fingerprint density at radius 1 is 1.03 bits per heavy atom. The predicted molar refractivity (Wildman–Crippen MR) is 114 cm³/mol. The molecule has 3 rings (SSSR count). The summed E-state index contributed by atoms with van der Waals surface area (Å²) in [6.45, 7) is 2.98. The first kappa shape index (κ1) is 25.7. The Hall–Kier alpha value is -2.93. The SMILES string of the molecule is CCS(=O)(=O)Nc1ccc(C(=O)N2CCN(Cc3ccc(F)c(F)c3)CC2)cc1OC(F)(F)F. The molecule has 0 atom stereocenters. The third-order valence-electron chi connectivity index (χ3n) is 5.15. The van der Waals surface area contributed by atoms with Gasteiger partial charge in [-0.05, 0) is 42.8 Å². The van der Waals surface area contributed by atoms with Crippen LogP contribution in [-0.2, 0) is 16.6 Å². The Labute approximate surface area is 193 Å². The van der Waals surface area contributed by atoms with E-state index in [1.807, 2.05) is 9.62 Å². The Morgan fingerprint density at radius 2 is 1.71 bits per heavy atom. The van der Waals surface area contributed by atoms with Crippen LogP contribution in [0.4, 0.5) is 27.6 Å². The molecule has 7 nitrogen and oxygen atoms in total. The number of benzene rings is 2. The van der Waals surface area contributed by atoms with Gasteiger partial charge in [0.05, 0.1) is 11.4 Å². The van der Waals surface area contributed by atoms with E-state index in [4.69, 9.17) is 0 Å². The molecule has 13 heteroatoms. The van der Waals surface area contributed by atoms with E-state index in [9.17, 15) is 35.2 Å². The molecule has 1 aliphatic rings. The summed E-state index contributed by atoms with van der Waals surface area (Å²) in [5, 5.41) is 0. The molecule has 1 heterocycles. The zero-order valence-electron chi connectivity index (χ0n) is 18.0. The van der Waals surface area contributed by atoms with Crippen LogP contribution >= 0.6 is 0 Å². The van der Waals surface area contributed by atoms with Crippen LogP contribution in [0.25, 0.3) is 0 Å². The average molecular weight is 507 g/mol. The van der Waals surface area contributed by atoms with Crippen LogP contribution in [0.5, 0.6) is 5.75 Å². The van der Waals surface area contributed by atoms with Crippen molar-refractivity contribution in [3.63, 3.8) is 0 Å². The molecule has 1 amide bonds. The van der Waals surface area contributed by atoms with E-state index in [1.54, 1.807) is 0 Å². The molecule has 34 heavy (non-hydrogen) atoms. The van der Waals surface area contributed by atoms with Crippen molar-refractivity contribution in [2.45, 2.75) is 19.8 Å². The largest absolute Gasteiger partial charge is 0.573 e. The molecule has 1 N–H and O–H groups in total. The molecule has 0 bridgehead atoms. The Morgan fingerprint density at radius 3 is 2.29 bits per heavy atom. The number of rotatable bonds is 7. The van der Waals surface area contributed by atoms with Crippen molar-refractivity contribution in [1.29, 1.82) is 0 Å². The van der Waals surface area contributed by atoms with Crippen LogP contribution in [-0.4, -0.2) is 62.4 Å². The minimum Gasteiger partial charge on any atom is -0.404 e. The molecule has 0 spiro atoms. The summed E-state index contributed by atoms with van der Waals surface area (Å²) in [6.07, 6.45) is -5.10. The lowest BCUT2D eigenvalue weighted by Crippen LogP contribution is -2.48. The second kappa shape index (κ2) is 10.1. The van der Waals surface area contributed by atoms with E-state index < -0.39 is 45.4 Å². The van der Waals surface area contributed by atoms with Crippen molar-refractivity contribution < 1.29 is 39.9 Å². The molecule has 186 valence electrons. The molecule has 0 aliphatic carbocycles. The minimum atomic E-state index is -5.10. The fourth-order valence-electron chi connectivity index (χ4n) is 3.38. The lowest BCUT2D eigenvalue weighted by atomic mass is 10.1. The van der Waals surface area contributed by atoms with E-state index in [2.05, 4.69) is 4.74 Å². The van der Waals surface area contributed by atoms with Crippen molar-refractivity contribution >= 4 is 21.6 Å². The standard InChI is InChI=1S/C21H22F5N3O4S/c1-2-34(31,32)27-18-6-4-15(12-19(18)33-21(24,25)26)20(30)29-9-7-28(8-10-29)13-14-3-5-16(22)17(23)11-14/h3-6,11-12,27H,2,7-10,13H2,1H3. The zero-order valence-corrected chi connectivity index (χ0v) is 18.8. The molecular formula is C21H22F5N3O4S. The number of hydrogen-bond donors (Lipinski definition) is 1. The maximum Gasteiger partial charge on any atom is 0.573 e. The highest BCUT2D eigenvalue weighted by Gasteiger charge is 2.33. The Kier molecular flexibility index (Phi) is 7.66. The van der Waals surface area contributed by atoms with Crippen molar-refractivity contribution in [3.8, 4) is 5.75 Å². The molecule has 2 aromatic carbocycles. The number of carbonyl (C=O) groups is 1. The van der Waals surface area contributed by atoms with Gasteiger partial charge >= 0.3 is 6.36 Å². The first-order valence-corrected chi connectivity index (χ1v) is 11.9. The van der Waals surface area contributed by atoms with Crippen LogP contribution in [0.15, 0.2) is 36.4 Å². The second-order valence-corrected chi connectivity index (χ2v) is 9.59. The zero-order chi connectivity index (χ0) is 25.1. The summed E-state index contributed by atoms with van der Waals surface area (Å²) in [5.74, 6) is -3.65. The van der Waals surface area contributed by atoms with Gasteiger partial charge in [-0.25, -0.2) is 17.2 Å². The number of anilines is 1. The topological polar surface area (TPSA) is 79.0 Å². The highest BCUT2D eigenvalue weighted by molar-refractivity contribution is 7.92. The molecule has 0 unspecified atom stereocenters. The fraction of sp³-hybridized carbons (Fsp3) is 0.381. The molecule has 1 fully saturated rings. The summed E-state index contributed by atoms with van der Waals surface area (Å²) >= 11 is 0. The monoisotopic (exact) mass is 507 g/mol. The lowest BCUT2D eigenvalue weighted by Gasteiger charge is -2.35. The van der Waals surface area contributed by atoms with Crippen LogP contribution in [0.1, 0.15) is 22.8 Å². The number of halogens is 5. The van der Waals surface area contributed by atoms with Gasteiger partial charge in [-0.2, -0.15) is 0 Å². The van der Waals surface area contributed by atoms with E-state index in [0.29, 0.717) is 25.2 Å². The summed E-state index contributed by atoms with van der Waals surface area (Å²) in [6, 6.07) is 6.70. The van der Waals surface area contributed by atoms with Gasteiger partial charge in [-0.3, -0.25) is 14.4 Å². The second-order valence-electron chi connectivity index (χ2n) is 7.58. The van der Waals surface area contributed by atoms with E-state index in [1.165, 1.54) is 24.0 Å². The van der Waals surface area contributed by atoms with Gasteiger partial charge < -0.3 is 9.64 Å². The van der Waals surface area contributed by atoms with Gasteiger partial charge in [0.1, 0.15) is 0 Å². The quantitative estimate of drug-likeness (QED) is 0.580. The van der Waals surface area contributed by atoms with Gasteiger partial charge in [0.25, 0.3) is 5.91 Å². The summed E-state index contributed by atoms with van der Waals surface area (Å²) in [7, 11) is -3.88. The third kappa shape index (κ3) is 6.79. The highest BCUT2D eigenvalue weighted by atomic mass is 32.2. The van der Waals surface area contributed by atoms with Crippen molar-refractivity contribution in [3.05, 3.63) is 59.2 Å². The number of sulfonamides is 1. The molecule has 0 aromatic heterocycles. The van der Waals surface area contributed by atoms with Crippen molar-refractivity contribution in [2.75, 3.05) is 36.7 Å². The van der Waals surface area contributed by atoms with Crippen LogP contribution in [0.2, 0.25) is 0 Å². The average Bonchev–Trinajstić information content (AvgIpc) is 2.76. The first-order valence-electron chi connectivity index (χ1n) is 10.2. The maximum atomic E-state index is 13.4. The smallest absolute Gasteiger partial charge is 0.404 e. The highest BCUT2D eigenvalue weighted by Crippen LogP contribution is 2.32. The fourth-order valence-corrected chi connectivity index (χ4v) is 4.02. The van der Waals surface area contributed by atoms with E-state index >= 15 is 0 Å². The number of amides is 1. The summed E-state index contributed by atoms with van der Waals surface area (Å²) < 4.78 is 94.5. The van der Waals surface area contributed by atoms with Gasteiger partial charge in [-0.1, -0.05) is 6.07 Å². The van der Waals surface area contributed by atoms with Crippen LogP contribution in [0.3, 0.4) is 0 Å². The number of nitrogens with one attached hydrogen (secondary N) is 1. The number of nitrogens with zero attached hydrogens (tertiary/aromatic N) is 2. The number of piperazine rings is 1. The maximum absolute atomic E-state index is 13.4. The number of alkyl halides is 3. The van der Waals surface area contributed by atoms with E-state index in [-0.39, 0.29) is 24.4 Å². The van der Waals surface area contributed by atoms with Gasteiger partial charge in [0.15, 0.2) is 17.4 Å². The van der Waals surface area contributed by atoms with Crippen molar-refractivity contribution in [1.82, 2.24) is 9.80 Å². The molecule has 1 saturated heterocycles. The summed E-state index contributed by atoms with van der Waals surface area (Å²) in [4.78, 5) is 16.2. The molecular weight excluding hydrogens is 485 g/mol. The number of carbonyl (C=O) groups excluding carboxylic acids is 1. The predicted octanol–water partition coefficient (Wildman–Crippen LogP) is 3.58. The summed E-state index contributed by atoms with van der Waals surface area (Å²) in [5.41, 5.74) is 0.0255. The van der Waals surface area contributed by atoms with Crippen LogP contribution < -0.4 is 9.46 Å². The van der Waals surface area contributed by atoms with Gasteiger partial charge in [-0.15, -0.1) is 13.2 Å². The van der Waals surface area contributed by atoms with Crippen molar-refractivity contribution in [2.24, 2.45) is 0 Å². The molecule has 0 radical (unpaired) electrons. The number of ether oxygens (including phenoxy) is 1. The third-order valence-corrected chi connectivity index (χ3v) is 6.44. The Bertz CT molecular complexity index is 1150. The molecule has 0 saturated carbocycles. The van der Waals surface area contributed by atoms with E-state index in [0.717, 1.165) is 24.3 Å². The Balaban J connectivity index is 1.70. The molecule has 1 aliphatic heterocycles. The lowest BCUT2D eigenvalue weighted by molar-refractivity contribution is -0.274. The van der Waals surface area contributed by atoms with Crippen LogP contribution in [0, 0.1) is 11.6 Å². The normalized spacial score (nSPS) is 15.3. The van der Waals surface area contributed by atoms with Gasteiger partial charge in [0, 0.05) is 38.3 Å². The van der Waals surface area contributed by atoms with Gasteiger partial charge in [0.2, 0.25) is 10.0 Å². The molecule has 2 aromatic rings.